The monoisotopic (exact) mass is 372 g/mol. The zero-order valence-electron chi connectivity index (χ0n) is 16.0. The van der Waals surface area contributed by atoms with Crippen LogP contribution in [-0.4, -0.2) is 33.3 Å². The first kappa shape index (κ1) is 24.0. The second-order valence-corrected chi connectivity index (χ2v) is 24.1. The zero-order valence-corrected chi connectivity index (χ0v) is 20.0. The molecule has 2 nitrogen and oxygen atoms in total. The van der Waals surface area contributed by atoms with Gasteiger partial charge in [-0.2, -0.15) is 0 Å². The smallest absolute Gasteiger partial charge is 0.226 e. The van der Waals surface area contributed by atoms with Gasteiger partial charge in [0.05, 0.1) is 0 Å². The molecule has 0 amide bonds. The van der Waals surface area contributed by atoms with Gasteiger partial charge < -0.3 is 8.23 Å². The van der Waals surface area contributed by atoms with Crippen molar-refractivity contribution in [3.63, 3.8) is 0 Å². The van der Waals surface area contributed by atoms with Gasteiger partial charge in [0.2, 0.25) is 16.6 Å². The molecule has 0 unspecified atom stereocenters. The van der Waals surface area contributed by atoms with Crippen LogP contribution in [0.2, 0.25) is 52.4 Å². The third-order valence-electron chi connectivity index (χ3n) is 2.67. The molecule has 0 radical (unpaired) electrons. The van der Waals surface area contributed by atoms with Crippen LogP contribution < -0.4 is 0 Å². The van der Waals surface area contributed by atoms with Crippen LogP contribution >= 0.6 is 0 Å². The molecule has 0 aliphatic carbocycles. The molecule has 0 saturated carbocycles. The number of hydrogen-bond donors (Lipinski definition) is 0. The van der Waals surface area contributed by atoms with E-state index in [-0.39, 0.29) is 0 Å². The van der Waals surface area contributed by atoms with Crippen molar-refractivity contribution < 1.29 is 8.23 Å². The van der Waals surface area contributed by atoms with Crippen molar-refractivity contribution >= 4 is 33.3 Å². The minimum absolute atomic E-state index is 1.42. The molecule has 0 spiro atoms. The zero-order chi connectivity index (χ0) is 18.2. The van der Waals surface area contributed by atoms with Crippen LogP contribution in [0, 0.1) is 0 Å². The van der Waals surface area contributed by atoms with E-state index in [2.05, 4.69) is 78.7 Å². The molecule has 0 aliphatic rings. The maximum absolute atomic E-state index is 5.97. The fourth-order valence-corrected chi connectivity index (χ4v) is 13.9. The second kappa shape index (κ2) is 9.14. The molecular formula is C16H36O2Si4. The van der Waals surface area contributed by atoms with Gasteiger partial charge in [0, 0.05) is 0 Å². The Bertz CT molecular complexity index is 338. The Labute approximate surface area is 143 Å². The quantitative estimate of drug-likeness (QED) is 0.507. The van der Waals surface area contributed by atoms with Gasteiger partial charge in [-0.3, -0.25) is 0 Å². The Morgan fingerprint density at radius 1 is 0.500 bits per heavy atom. The van der Waals surface area contributed by atoms with Crippen LogP contribution in [0.1, 0.15) is 0 Å². The molecule has 0 fully saturated rings. The van der Waals surface area contributed by atoms with Gasteiger partial charge in [-0.1, -0.05) is 22.8 Å². The Morgan fingerprint density at radius 3 is 0.727 bits per heavy atom. The fraction of sp³-hybridized carbons (Fsp3) is 0.500. The lowest BCUT2D eigenvalue weighted by molar-refractivity contribution is 0.570. The molecule has 0 rings (SSSR count). The highest BCUT2D eigenvalue weighted by atomic mass is 28.4. The fourth-order valence-electron chi connectivity index (χ4n) is 1.65. The normalized spacial score (nSPS) is 12.7. The summed E-state index contributed by atoms with van der Waals surface area (Å²) in [5, 5.41) is 0. The van der Waals surface area contributed by atoms with E-state index in [0.717, 1.165) is 0 Å². The number of rotatable bonds is 8. The molecule has 6 heteroatoms. The summed E-state index contributed by atoms with van der Waals surface area (Å²) >= 11 is 0. The van der Waals surface area contributed by atoms with Crippen molar-refractivity contribution in [1.82, 2.24) is 0 Å². The Morgan fingerprint density at radius 2 is 0.682 bits per heavy atom. The molecule has 0 N–H and O–H groups in total. The molecule has 0 saturated heterocycles. The summed E-state index contributed by atoms with van der Waals surface area (Å²) in [6.07, 6.45) is 0. The maximum atomic E-state index is 5.97. The third kappa shape index (κ3) is 12.3. The molecule has 0 aromatic heterocycles. The lowest BCUT2D eigenvalue weighted by Crippen LogP contribution is -2.41. The van der Waals surface area contributed by atoms with Gasteiger partial charge in [-0.15, -0.1) is 26.3 Å². The van der Waals surface area contributed by atoms with Crippen LogP contribution in [-0.2, 0) is 8.23 Å². The van der Waals surface area contributed by atoms with Crippen molar-refractivity contribution in [3.05, 3.63) is 49.1 Å². The predicted octanol–water partition coefficient (Wildman–Crippen LogP) is 5.73. The first-order valence-electron chi connectivity index (χ1n) is 7.60. The van der Waals surface area contributed by atoms with Crippen molar-refractivity contribution in [2.45, 2.75) is 52.4 Å². The maximum Gasteiger partial charge on any atom is 0.226 e. The highest BCUT2D eigenvalue weighted by Gasteiger charge is 2.28. The van der Waals surface area contributed by atoms with E-state index in [1.54, 1.807) is 0 Å². The standard InChI is InChI=1S/2C8H18OSi2/c2*1-7-11(6,8-2)9-10(3,4)5/h2*7-8H,1-2H2,3-6H3. The summed E-state index contributed by atoms with van der Waals surface area (Å²) in [6, 6.07) is 0. The molecule has 0 heterocycles. The van der Waals surface area contributed by atoms with Crippen molar-refractivity contribution in [2.24, 2.45) is 0 Å². The minimum atomic E-state index is -1.74. The molecular weight excluding hydrogens is 337 g/mol. The average molecular weight is 373 g/mol. The van der Waals surface area contributed by atoms with Crippen LogP contribution in [0.5, 0.6) is 0 Å². The van der Waals surface area contributed by atoms with Gasteiger partial charge in [-0.05, 0) is 52.4 Å². The molecule has 0 aromatic carbocycles. The second-order valence-electron chi connectivity index (χ2n) is 7.61. The van der Waals surface area contributed by atoms with E-state index in [1.807, 2.05) is 22.8 Å². The molecule has 0 atom stereocenters. The van der Waals surface area contributed by atoms with Gasteiger partial charge in [0.1, 0.15) is 0 Å². The molecule has 128 valence electrons. The van der Waals surface area contributed by atoms with Crippen LogP contribution in [0.15, 0.2) is 49.1 Å². The van der Waals surface area contributed by atoms with E-state index in [1.165, 1.54) is 0 Å². The van der Waals surface area contributed by atoms with Gasteiger partial charge in [0.25, 0.3) is 0 Å². The SMILES string of the molecule is C=C[Si](C)(C=C)O[Si](C)(C)C.C=C[Si](C)(C=C)O[Si](C)(C)C. The number of hydrogen-bond acceptors (Lipinski definition) is 2. The van der Waals surface area contributed by atoms with Crippen LogP contribution in [0.3, 0.4) is 0 Å². The van der Waals surface area contributed by atoms with E-state index < -0.39 is 33.3 Å². The Kier molecular flexibility index (Phi) is 9.98. The predicted molar refractivity (Wildman–Crippen MR) is 113 cm³/mol. The van der Waals surface area contributed by atoms with Crippen LogP contribution in [0.4, 0.5) is 0 Å². The Hall–Kier alpha value is -0.252. The van der Waals surface area contributed by atoms with Crippen molar-refractivity contribution in [1.29, 1.82) is 0 Å². The lowest BCUT2D eigenvalue weighted by atomic mass is 11.2. The summed E-state index contributed by atoms with van der Waals surface area (Å²) in [6.45, 7) is 32.4. The van der Waals surface area contributed by atoms with E-state index >= 15 is 0 Å². The molecule has 0 bridgehead atoms. The average Bonchev–Trinajstić information content (AvgIpc) is 2.35. The third-order valence-corrected chi connectivity index (χ3v) is 14.3. The van der Waals surface area contributed by atoms with Gasteiger partial charge >= 0.3 is 0 Å². The Balaban J connectivity index is 0. The molecule has 0 aromatic rings. The van der Waals surface area contributed by atoms with E-state index in [0.29, 0.717) is 0 Å². The summed E-state index contributed by atoms with van der Waals surface area (Å²) < 4.78 is 11.9. The highest BCUT2D eigenvalue weighted by molar-refractivity contribution is 6.91. The van der Waals surface area contributed by atoms with Gasteiger partial charge in [0.15, 0.2) is 16.6 Å². The summed E-state index contributed by atoms with van der Waals surface area (Å²) in [5.74, 6) is 0. The molecule has 22 heavy (non-hydrogen) atoms. The largest absolute Gasteiger partial charge is 0.450 e. The lowest BCUT2D eigenvalue weighted by Gasteiger charge is -2.29. The summed E-state index contributed by atoms with van der Waals surface area (Å²) in [5.41, 5.74) is 7.72. The first-order chi connectivity index (χ1) is 9.66. The summed E-state index contributed by atoms with van der Waals surface area (Å²) in [7, 11) is -6.32. The topological polar surface area (TPSA) is 18.5 Å². The highest BCUT2D eigenvalue weighted by Crippen LogP contribution is 2.16. The van der Waals surface area contributed by atoms with Gasteiger partial charge in [-0.25, -0.2) is 0 Å². The van der Waals surface area contributed by atoms with E-state index in [9.17, 15) is 0 Å². The first-order valence-corrected chi connectivity index (χ1v) is 19.5. The molecule has 0 aliphatic heterocycles. The van der Waals surface area contributed by atoms with Crippen molar-refractivity contribution in [3.8, 4) is 0 Å². The minimum Gasteiger partial charge on any atom is -0.450 e. The van der Waals surface area contributed by atoms with Crippen LogP contribution in [0.25, 0.3) is 0 Å². The van der Waals surface area contributed by atoms with Crippen molar-refractivity contribution in [2.75, 3.05) is 0 Å². The summed E-state index contributed by atoms with van der Waals surface area (Å²) in [4.78, 5) is 0. The van der Waals surface area contributed by atoms with E-state index in [4.69, 9.17) is 8.23 Å².